The molecule has 2 aliphatic rings. The number of anilines is 2. The number of hydrogen-bond donors (Lipinski definition) is 2. The quantitative estimate of drug-likeness (QED) is 0.888. The lowest BCUT2D eigenvalue weighted by molar-refractivity contribution is -0.124. The van der Waals surface area contributed by atoms with E-state index in [0.29, 0.717) is 6.61 Å². The minimum atomic E-state index is -0.363. The van der Waals surface area contributed by atoms with Crippen molar-refractivity contribution in [3.8, 4) is 5.75 Å². The van der Waals surface area contributed by atoms with Crippen molar-refractivity contribution in [2.75, 3.05) is 17.2 Å². The van der Waals surface area contributed by atoms with E-state index in [1.54, 1.807) is 0 Å². The lowest BCUT2D eigenvalue weighted by Gasteiger charge is -2.31. The molecule has 2 N–H and O–H groups in total. The van der Waals surface area contributed by atoms with Crippen LogP contribution >= 0.6 is 0 Å². The van der Waals surface area contributed by atoms with Gasteiger partial charge in [0.1, 0.15) is 12.4 Å². The molecule has 2 aromatic rings. The molecule has 2 heterocycles. The molecule has 0 spiro atoms. The van der Waals surface area contributed by atoms with Gasteiger partial charge in [0.2, 0.25) is 5.91 Å². The normalized spacial score (nSPS) is 21.1. The second kappa shape index (κ2) is 5.55. The first-order valence-corrected chi connectivity index (χ1v) is 8.43. The fraction of sp³-hybridized carbons (Fsp3) is 0.350. The molecule has 0 saturated heterocycles. The fourth-order valence-corrected chi connectivity index (χ4v) is 3.46. The van der Waals surface area contributed by atoms with Gasteiger partial charge in [-0.15, -0.1) is 0 Å². The first-order valence-electron chi connectivity index (χ1n) is 8.43. The number of nitrogens with one attached hydrogen (secondary N) is 2. The Morgan fingerprint density at radius 3 is 2.88 bits per heavy atom. The number of amides is 1. The molecule has 4 nitrogen and oxygen atoms in total. The van der Waals surface area contributed by atoms with Crippen LogP contribution in [0.25, 0.3) is 0 Å². The van der Waals surface area contributed by atoms with Crippen LogP contribution in [0.1, 0.15) is 25.0 Å². The van der Waals surface area contributed by atoms with Gasteiger partial charge in [0.25, 0.3) is 0 Å². The molecule has 4 heteroatoms. The molecular formula is C20H22N2O2. The van der Waals surface area contributed by atoms with Crippen LogP contribution in [-0.2, 0) is 17.6 Å². The summed E-state index contributed by atoms with van der Waals surface area (Å²) in [7, 11) is 0. The van der Waals surface area contributed by atoms with Crippen LogP contribution < -0.4 is 15.4 Å². The minimum absolute atomic E-state index is 0.0907. The summed E-state index contributed by atoms with van der Waals surface area (Å²) < 4.78 is 5.85. The first-order chi connectivity index (χ1) is 11.5. The van der Waals surface area contributed by atoms with Crippen molar-refractivity contribution in [3.63, 3.8) is 0 Å². The topological polar surface area (TPSA) is 50.4 Å². The van der Waals surface area contributed by atoms with Gasteiger partial charge in [-0.2, -0.15) is 0 Å². The van der Waals surface area contributed by atoms with Crippen molar-refractivity contribution in [2.24, 2.45) is 5.41 Å². The Kier molecular flexibility index (Phi) is 3.48. The number of fused-ring (bicyclic) bond motifs is 2. The van der Waals surface area contributed by atoms with E-state index in [9.17, 15) is 4.79 Å². The van der Waals surface area contributed by atoms with Crippen molar-refractivity contribution in [3.05, 3.63) is 53.6 Å². The standard InChI is InChI=1S/C20H22N2O2/c1-20(2)11-14-10-15(7-8-17(14)22-19(20)23)21-16-9-13-5-3-4-6-18(13)24-12-16/h3-8,10,16,21H,9,11-12H2,1-2H3,(H,22,23). The molecule has 24 heavy (non-hydrogen) atoms. The van der Waals surface area contributed by atoms with E-state index < -0.39 is 0 Å². The van der Waals surface area contributed by atoms with Gasteiger partial charge in [0, 0.05) is 16.8 Å². The molecule has 124 valence electrons. The molecule has 0 fully saturated rings. The molecule has 0 aliphatic carbocycles. The van der Waals surface area contributed by atoms with Crippen molar-refractivity contribution in [1.82, 2.24) is 0 Å². The molecule has 0 radical (unpaired) electrons. The number of hydrogen-bond acceptors (Lipinski definition) is 3. The zero-order chi connectivity index (χ0) is 16.7. The second-order valence-electron chi connectivity index (χ2n) is 7.35. The molecule has 4 rings (SSSR count). The predicted molar refractivity (Wildman–Crippen MR) is 95.6 cm³/mol. The van der Waals surface area contributed by atoms with Crippen LogP contribution in [0.2, 0.25) is 0 Å². The zero-order valence-corrected chi connectivity index (χ0v) is 14.1. The summed E-state index contributed by atoms with van der Waals surface area (Å²) in [5.74, 6) is 1.08. The Bertz CT molecular complexity index is 798. The lowest BCUT2D eigenvalue weighted by Crippen LogP contribution is -2.37. The van der Waals surface area contributed by atoms with E-state index in [1.807, 2.05) is 44.2 Å². The molecule has 0 bridgehead atoms. The van der Waals surface area contributed by atoms with Gasteiger partial charge in [-0.25, -0.2) is 0 Å². The van der Waals surface area contributed by atoms with Gasteiger partial charge in [0.15, 0.2) is 0 Å². The maximum atomic E-state index is 12.1. The largest absolute Gasteiger partial charge is 0.491 e. The summed E-state index contributed by atoms with van der Waals surface area (Å²) in [6.07, 6.45) is 1.71. The highest BCUT2D eigenvalue weighted by Gasteiger charge is 2.33. The molecular weight excluding hydrogens is 300 g/mol. The van der Waals surface area contributed by atoms with E-state index in [1.165, 1.54) is 11.1 Å². The van der Waals surface area contributed by atoms with Gasteiger partial charge in [-0.05, 0) is 48.2 Å². The van der Waals surface area contributed by atoms with E-state index in [0.717, 1.165) is 30.0 Å². The molecule has 1 unspecified atom stereocenters. The number of carbonyl (C=O) groups is 1. The average Bonchev–Trinajstić information content (AvgIpc) is 2.56. The monoisotopic (exact) mass is 322 g/mol. The maximum Gasteiger partial charge on any atom is 0.230 e. The van der Waals surface area contributed by atoms with E-state index >= 15 is 0 Å². The molecule has 2 aromatic carbocycles. The van der Waals surface area contributed by atoms with E-state index in [-0.39, 0.29) is 17.4 Å². The highest BCUT2D eigenvalue weighted by molar-refractivity contribution is 5.98. The minimum Gasteiger partial charge on any atom is -0.491 e. The molecule has 2 aliphatic heterocycles. The van der Waals surface area contributed by atoms with Gasteiger partial charge in [0.05, 0.1) is 6.04 Å². The van der Waals surface area contributed by atoms with Gasteiger partial charge in [-0.1, -0.05) is 32.0 Å². The van der Waals surface area contributed by atoms with Crippen molar-refractivity contribution >= 4 is 17.3 Å². The highest BCUT2D eigenvalue weighted by atomic mass is 16.5. The van der Waals surface area contributed by atoms with Gasteiger partial charge < -0.3 is 15.4 Å². The van der Waals surface area contributed by atoms with Crippen LogP contribution in [0.3, 0.4) is 0 Å². The summed E-state index contributed by atoms with van der Waals surface area (Å²) in [5.41, 5.74) is 4.07. The Morgan fingerprint density at radius 1 is 1.17 bits per heavy atom. The Balaban J connectivity index is 1.52. The van der Waals surface area contributed by atoms with E-state index in [2.05, 4.69) is 22.8 Å². The number of rotatable bonds is 2. The first kappa shape index (κ1) is 15.1. The van der Waals surface area contributed by atoms with Crippen LogP contribution in [0.5, 0.6) is 5.75 Å². The van der Waals surface area contributed by atoms with E-state index in [4.69, 9.17) is 4.74 Å². The van der Waals surface area contributed by atoms with Crippen molar-refractivity contribution in [1.29, 1.82) is 0 Å². The second-order valence-corrected chi connectivity index (χ2v) is 7.35. The maximum absolute atomic E-state index is 12.1. The Hall–Kier alpha value is -2.49. The van der Waals surface area contributed by atoms with Gasteiger partial charge >= 0.3 is 0 Å². The molecule has 0 aromatic heterocycles. The Morgan fingerprint density at radius 2 is 2.00 bits per heavy atom. The lowest BCUT2D eigenvalue weighted by atomic mass is 9.81. The number of carbonyl (C=O) groups excluding carboxylic acids is 1. The predicted octanol–water partition coefficient (Wildman–Crippen LogP) is 3.62. The Labute approximate surface area is 142 Å². The summed E-state index contributed by atoms with van der Waals surface area (Å²) in [5, 5.41) is 6.58. The average molecular weight is 322 g/mol. The van der Waals surface area contributed by atoms with Crippen molar-refractivity contribution < 1.29 is 9.53 Å². The molecule has 1 amide bonds. The summed E-state index contributed by atoms with van der Waals surface area (Å²) in [4.78, 5) is 12.1. The summed E-state index contributed by atoms with van der Waals surface area (Å²) in [6.45, 7) is 4.63. The zero-order valence-electron chi connectivity index (χ0n) is 14.1. The number of ether oxygens (including phenoxy) is 1. The third-order valence-electron chi connectivity index (χ3n) is 4.85. The van der Waals surface area contributed by atoms with Crippen LogP contribution in [0.15, 0.2) is 42.5 Å². The summed E-state index contributed by atoms with van der Waals surface area (Å²) in [6, 6.07) is 14.6. The van der Waals surface area contributed by atoms with Gasteiger partial charge in [-0.3, -0.25) is 4.79 Å². The third-order valence-corrected chi connectivity index (χ3v) is 4.85. The smallest absolute Gasteiger partial charge is 0.230 e. The number of benzene rings is 2. The SMILES string of the molecule is CC1(C)Cc2cc(NC3COc4ccccc4C3)ccc2NC1=O. The fourth-order valence-electron chi connectivity index (χ4n) is 3.46. The van der Waals surface area contributed by atoms with Crippen molar-refractivity contribution in [2.45, 2.75) is 32.7 Å². The number of para-hydroxylation sites is 1. The highest BCUT2D eigenvalue weighted by Crippen LogP contribution is 2.35. The molecule has 0 saturated carbocycles. The van der Waals surface area contributed by atoms with Crippen LogP contribution in [0.4, 0.5) is 11.4 Å². The third kappa shape index (κ3) is 2.73. The summed E-state index contributed by atoms with van der Waals surface area (Å²) >= 11 is 0. The van der Waals surface area contributed by atoms with Crippen LogP contribution in [-0.4, -0.2) is 18.6 Å². The molecule has 1 atom stereocenters. The van der Waals surface area contributed by atoms with Crippen LogP contribution in [0, 0.1) is 5.41 Å².